The molecule has 1 fully saturated rings. The number of hydrogen-bond acceptors (Lipinski definition) is 4. The van der Waals surface area contributed by atoms with Crippen LogP contribution in [0.4, 0.5) is 0 Å². The molecule has 2 aromatic carbocycles. The largest absolute Gasteiger partial charge is 0.493 e. The van der Waals surface area contributed by atoms with Crippen LogP contribution in [0.5, 0.6) is 11.5 Å². The maximum Gasteiger partial charge on any atom is 0.258 e. The Morgan fingerprint density at radius 3 is 2.46 bits per heavy atom. The van der Waals surface area contributed by atoms with E-state index in [4.69, 9.17) is 9.47 Å². The number of hydrogen-bond donors (Lipinski definition) is 1. The highest BCUT2D eigenvalue weighted by molar-refractivity contribution is 5.81. The number of ether oxygens (including phenoxy) is 2. The Bertz CT molecular complexity index is 950. The summed E-state index contributed by atoms with van der Waals surface area (Å²) in [5.41, 5.74) is 1.78. The number of aromatic nitrogens is 2. The van der Waals surface area contributed by atoms with Gasteiger partial charge in [0.05, 0.1) is 25.1 Å². The highest BCUT2D eigenvalue weighted by Crippen LogP contribution is 2.53. The molecule has 0 saturated heterocycles. The summed E-state index contributed by atoms with van der Waals surface area (Å²) >= 11 is 0. The SMILES string of the molecule is COc1cc2nc([C@@H]3C[C@H]3c3ccccc3)[nH]c(=O)c2cc1OC. The van der Waals surface area contributed by atoms with Gasteiger partial charge in [-0.2, -0.15) is 0 Å². The summed E-state index contributed by atoms with van der Waals surface area (Å²) in [6, 6.07) is 13.8. The Hall–Kier alpha value is -2.82. The molecule has 1 aromatic heterocycles. The zero-order chi connectivity index (χ0) is 16.7. The molecule has 4 rings (SSSR count). The van der Waals surface area contributed by atoms with Crippen molar-refractivity contribution in [2.45, 2.75) is 18.3 Å². The fourth-order valence-electron chi connectivity index (χ4n) is 3.23. The molecule has 3 aromatic rings. The molecule has 5 nitrogen and oxygen atoms in total. The van der Waals surface area contributed by atoms with E-state index in [0.29, 0.717) is 28.3 Å². The van der Waals surface area contributed by atoms with Gasteiger partial charge in [0, 0.05) is 12.0 Å². The first kappa shape index (κ1) is 14.8. The van der Waals surface area contributed by atoms with Crippen LogP contribution in [-0.2, 0) is 0 Å². The number of fused-ring (bicyclic) bond motifs is 1. The fourth-order valence-corrected chi connectivity index (χ4v) is 3.23. The Morgan fingerprint density at radius 1 is 1.04 bits per heavy atom. The number of aromatic amines is 1. The lowest BCUT2D eigenvalue weighted by molar-refractivity contribution is 0.355. The van der Waals surface area contributed by atoms with Crippen LogP contribution in [0.1, 0.15) is 29.6 Å². The molecule has 1 aliphatic carbocycles. The summed E-state index contributed by atoms with van der Waals surface area (Å²) in [6.07, 6.45) is 1.01. The second kappa shape index (κ2) is 5.67. The third-order valence-electron chi connectivity index (χ3n) is 4.60. The smallest absolute Gasteiger partial charge is 0.258 e. The van der Waals surface area contributed by atoms with E-state index in [1.165, 1.54) is 5.56 Å². The van der Waals surface area contributed by atoms with Crippen molar-refractivity contribution in [1.29, 1.82) is 0 Å². The summed E-state index contributed by atoms with van der Waals surface area (Å²) in [5, 5.41) is 0.508. The molecule has 0 radical (unpaired) electrons. The fraction of sp³-hybridized carbons (Fsp3) is 0.263. The Balaban J connectivity index is 1.75. The normalized spacial score (nSPS) is 19.2. The van der Waals surface area contributed by atoms with Crippen LogP contribution < -0.4 is 15.0 Å². The van der Waals surface area contributed by atoms with Crippen molar-refractivity contribution >= 4 is 10.9 Å². The second-order valence-electron chi connectivity index (χ2n) is 6.03. The van der Waals surface area contributed by atoms with Crippen molar-refractivity contribution in [1.82, 2.24) is 9.97 Å². The molecule has 24 heavy (non-hydrogen) atoms. The number of benzene rings is 2. The Labute approximate surface area is 139 Å². The van der Waals surface area contributed by atoms with Crippen LogP contribution in [0.3, 0.4) is 0 Å². The molecular formula is C19H18N2O3. The first-order valence-electron chi connectivity index (χ1n) is 7.92. The van der Waals surface area contributed by atoms with E-state index in [-0.39, 0.29) is 11.5 Å². The molecule has 2 atom stereocenters. The van der Waals surface area contributed by atoms with Gasteiger partial charge in [0.2, 0.25) is 0 Å². The molecule has 5 heteroatoms. The van der Waals surface area contributed by atoms with Gasteiger partial charge in [-0.15, -0.1) is 0 Å². The van der Waals surface area contributed by atoms with E-state index in [1.54, 1.807) is 26.4 Å². The van der Waals surface area contributed by atoms with Crippen LogP contribution in [0, 0.1) is 0 Å². The summed E-state index contributed by atoms with van der Waals surface area (Å²) in [4.78, 5) is 20.1. The minimum Gasteiger partial charge on any atom is -0.493 e. The highest BCUT2D eigenvalue weighted by Gasteiger charge is 2.41. The molecule has 122 valence electrons. The number of H-pyrrole nitrogens is 1. The van der Waals surface area contributed by atoms with E-state index >= 15 is 0 Å². The molecule has 0 aliphatic heterocycles. The zero-order valence-corrected chi connectivity index (χ0v) is 13.6. The average molecular weight is 322 g/mol. The van der Waals surface area contributed by atoms with E-state index in [1.807, 2.05) is 18.2 Å². The van der Waals surface area contributed by atoms with Crippen molar-refractivity contribution in [3.8, 4) is 11.5 Å². The highest BCUT2D eigenvalue weighted by atomic mass is 16.5. The van der Waals surface area contributed by atoms with Gasteiger partial charge in [-0.05, 0) is 24.0 Å². The van der Waals surface area contributed by atoms with Crippen LogP contribution in [0.15, 0.2) is 47.3 Å². The molecule has 1 heterocycles. The number of nitrogens with zero attached hydrogens (tertiary/aromatic N) is 1. The van der Waals surface area contributed by atoms with Crippen molar-refractivity contribution in [2.75, 3.05) is 14.2 Å². The standard InChI is InChI=1S/C19H18N2O3/c1-23-16-9-14-15(10-17(16)24-2)20-18(21-19(14)22)13-8-12(13)11-6-4-3-5-7-11/h3-7,9-10,12-13H,8H2,1-2H3,(H,20,21,22)/t12-,13+/m0/s1. The van der Waals surface area contributed by atoms with Crippen LogP contribution in [0.25, 0.3) is 10.9 Å². The summed E-state index contributed by atoms with van der Waals surface area (Å²) in [6.45, 7) is 0. The van der Waals surface area contributed by atoms with Gasteiger partial charge in [0.25, 0.3) is 5.56 Å². The molecule has 0 bridgehead atoms. The lowest BCUT2D eigenvalue weighted by Gasteiger charge is -2.09. The van der Waals surface area contributed by atoms with Crippen molar-refractivity contribution in [3.63, 3.8) is 0 Å². The molecular weight excluding hydrogens is 304 g/mol. The quantitative estimate of drug-likeness (QED) is 0.801. The third-order valence-corrected chi connectivity index (χ3v) is 4.60. The lowest BCUT2D eigenvalue weighted by Crippen LogP contribution is -2.12. The van der Waals surface area contributed by atoms with Gasteiger partial charge < -0.3 is 14.5 Å². The first-order chi connectivity index (χ1) is 11.7. The van der Waals surface area contributed by atoms with Gasteiger partial charge in [-0.25, -0.2) is 4.98 Å². The van der Waals surface area contributed by atoms with Gasteiger partial charge in [-0.1, -0.05) is 30.3 Å². The molecule has 0 amide bonds. The minimum atomic E-state index is -0.144. The first-order valence-corrected chi connectivity index (χ1v) is 7.92. The zero-order valence-electron chi connectivity index (χ0n) is 13.6. The molecule has 1 aliphatic rings. The number of nitrogens with one attached hydrogen (secondary N) is 1. The molecule has 1 N–H and O–H groups in total. The number of methoxy groups -OCH3 is 2. The van der Waals surface area contributed by atoms with Crippen LogP contribution in [0.2, 0.25) is 0 Å². The summed E-state index contributed by atoms with van der Waals surface area (Å²) < 4.78 is 10.6. The predicted molar refractivity (Wildman–Crippen MR) is 92.0 cm³/mol. The van der Waals surface area contributed by atoms with Crippen LogP contribution in [-0.4, -0.2) is 24.2 Å². The lowest BCUT2D eigenvalue weighted by atomic mass is 10.1. The van der Waals surface area contributed by atoms with Crippen molar-refractivity contribution in [3.05, 3.63) is 64.2 Å². The van der Waals surface area contributed by atoms with E-state index in [0.717, 1.165) is 12.2 Å². The van der Waals surface area contributed by atoms with Gasteiger partial charge in [0.1, 0.15) is 5.82 Å². The van der Waals surface area contributed by atoms with Crippen molar-refractivity contribution in [2.24, 2.45) is 0 Å². The maximum absolute atomic E-state index is 12.5. The molecule has 0 spiro atoms. The summed E-state index contributed by atoms with van der Waals surface area (Å²) in [7, 11) is 3.12. The summed E-state index contributed by atoms with van der Waals surface area (Å²) in [5.74, 6) is 2.53. The average Bonchev–Trinajstić information content (AvgIpc) is 3.42. The molecule has 0 unspecified atom stereocenters. The van der Waals surface area contributed by atoms with E-state index in [2.05, 4.69) is 22.1 Å². The Kier molecular flexibility index (Phi) is 3.49. The second-order valence-corrected chi connectivity index (χ2v) is 6.03. The van der Waals surface area contributed by atoms with Crippen LogP contribution >= 0.6 is 0 Å². The van der Waals surface area contributed by atoms with E-state index < -0.39 is 0 Å². The van der Waals surface area contributed by atoms with Gasteiger partial charge in [-0.3, -0.25) is 4.79 Å². The van der Waals surface area contributed by atoms with Gasteiger partial charge >= 0.3 is 0 Å². The van der Waals surface area contributed by atoms with Gasteiger partial charge in [0.15, 0.2) is 11.5 Å². The minimum absolute atomic E-state index is 0.144. The number of rotatable bonds is 4. The predicted octanol–water partition coefficient (Wildman–Crippen LogP) is 3.21. The monoisotopic (exact) mass is 322 g/mol. The molecule has 1 saturated carbocycles. The third kappa shape index (κ3) is 2.42. The van der Waals surface area contributed by atoms with E-state index in [9.17, 15) is 4.79 Å². The topological polar surface area (TPSA) is 64.2 Å². The Morgan fingerprint density at radius 2 is 1.75 bits per heavy atom. The maximum atomic E-state index is 12.5. The van der Waals surface area contributed by atoms with Crippen molar-refractivity contribution < 1.29 is 9.47 Å².